The molecule has 0 aliphatic rings. The number of terminal acetylenes is 2. The van der Waals surface area contributed by atoms with Crippen molar-refractivity contribution in [2.45, 2.75) is 0 Å². The minimum Gasteiger partial charge on any atom is -0.697 e. The summed E-state index contributed by atoms with van der Waals surface area (Å²) in [6.07, 6.45) is 18.0. The summed E-state index contributed by atoms with van der Waals surface area (Å²) in [6.45, 7) is 14.0. The molecule has 0 saturated carbocycles. The third-order valence-corrected chi connectivity index (χ3v) is 0. The molecule has 0 aromatic rings. The van der Waals surface area contributed by atoms with Crippen LogP contribution in [0.15, 0.2) is 13.2 Å². The molecule has 0 aromatic heterocycles. The second-order valence-electron chi connectivity index (χ2n) is 0. The molecule has 0 spiro atoms. The first kappa shape index (κ1) is 45.0. The first-order valence-electron chi connectivity index (χ1n) is 1.39. The van der Waals surface area contributed by atoms with Crippen molar-refractivity contribution < 1.29 is 65.4 Å². The van der Waals surface area contributed by atoms with Crippen LogP contribution in [-0.4, -0.2) is 0 Å². The molecule has 0 saturated heterocycles. The van der Waals surface area contributed by atoms with Gasteiger partial charge in [-0.05, 0) is 0 Å². The molecule has 0 atom stereocenters. The van der Waals surface area contributed by atoms with Gasteiger partial charge in [0.05, 0.1) is 0 Å². The van der Waals surface area contributed by atoms with Gasteiger partial charge in [0, 0.05) is 65.4 Å². The molecule has 0 rings (SSSR count). The van der Waals surface area contributed by atoms with Crippen molar-refractivity contribution in [2.24, 2.45) is 0 Å². The Morgan fingerprint density at radius 2 is 0.700 bits per heavy atom. The van der Waals surface area contributed by atoms with Gasteiger partial charge >= 0.3 is 0 Å². The Kier molecular flexibility index (Phi) is 5240. The number of hydrogen-bond acceptors (Lipinski definition) is 0. The zero-order valence-electron chi connectivity index (χ0n) is 5.88. The van der Waals surface area contributed by atoms with E-state index in [2.05, 4.69) is 39.2 Å². The van der Waals surface area contributed by atoms with Crippen LogP contribution >= 0.6 is 0 Å². The Labute approximate surface area is 116 Å². The Hall–Kier alpha value is 0.808. The molecule has 0 aromatic carbocycles. The minimum absolute atomic E-state index is 0. The maximum atomic E-state index is 5.25. The topological polar surface area (TPSA) is 0 Å². The maximum Gasteiger partial charge on any atom is 0 e. The van der Waals surface area contributed by atoms with Gasteiger partial charge in [0.25, 0.3) is 0 Å². The summed E-state index contributed by atoms with van der Waals surface area (Å²) in [5.74, 6) is 0. The zero-order valence-corrected chi connectivity index (χ0v) is 11.6. The van der Waals surface area contributed by atoms with Crippen LogP contribution in [-0.2, 0) is 65.4 Å². The Bertz CT molecular complexity index is 37.7. The molecule has 0 bridgehead atoms. The Morgan fingerprint density at radius 1 is 0.700 bits per heavy atom. The fourth-order valence-electron chi connectivity index (χ4n) is 0. The molecular formula is C8H8Y2-4. The van der Waals surface area contributed by atoms with Crippen molar-refractivity contribution in [3.05, 3.63) is 39.2 Å². The van der Waals surface area contributed by atoms with E-state index in [1.165, 1.54) is 0 Å². The largest absolute Gasteiger partial charge is 0.697 e. The molecule has 0 N–H and O–H groups in total. The van der Waals surface area contributed by atoms with Gasteiger partial charge in [0.2, 0.25) is 0 Å². The summed E-state index contributed by atoms with van der Waals surface area (Å²) < 4.78 is 0. The summed E-state index contributed by atoms with van der Waals surface area (Å²) in [5, 5.41) is 0. The van der Waals surface area contributed by atoms with Crippen LogP contribution in [0.5, 0.6) is 0 Å². The van der Waals surface area contributed by atoms with E-state index in [0.717, 1.165) is 0 Å². The van der Waals surface area contributed by atoms with Gasteiger partial charge in [-0.3, -0.25) is 13.2 Å². The zero-order chi connectivity index (χ0) is 8.00. The molecule has 0 amide bonds. The maximum absolute atomic E-state index is 5.25. The molecular weight excluding hydrogens is 274 g/mol. The molecule has 50 valence electrons. The second-order valence-corrected chi connectivity index (χ2v) is 0. The number of hydrogen-bond donors (Lipinski definition) is 0. The first-order chi connectivity index (χ1) is 4.00. The molecule has 0 nitrogen and oxygen atoms in total. The second kappa shape index (κ2) is 1170. The third kappa shape index (κ3) is 823. The van der Waals surface area contributed by atoms with E-state index < -0.39 is 0 Å². The third-order valence-electron chi connectivity index (χ3n) is 0. The van der Waals surface area contributed by atoms with Crippen molar-refractivity contribution in [1.82, 2.24) is 0 Å². The van der Waals surface area contributed by atoms with Crippen LogP contribution in [0.3, 0.4) is 0 Å². The van der Waals surface area contributed by atoms with E-state index >= 15 is 0 Å². The number of rotatable bonds is 0. The predicted octanol–water partition coefficient (Wildman–Crippen LogP) is 1.62. The van der Waals surface area contributed by atoms with Gasteiger partial charge < -0.3 is 38.9 Å². The molecule has 2 heteroatoms. The average Bonchev–Trinajstić information content (AvgIpc) is 2.03. The summed E-state index contributed by atoms with van der Waals surface area (Å²) in [6, 6.07) is 0. The van der Waals surface area contributed by atoms with Crippen LogP contribution in [0, 0.1) is 38.9 Å². The summed E-state index contributed by atoms with van der Waals surface area (Å²) in [7, 11) is 0. The van der Waals surface area contributed by atoms with E-state index in [0.29, 0.717) is 0 Å². The van der Waals surface area contributed by atoms with E-state index in [1.54, 1.807) is 0 Å². The monoisotopic (exact) mass is 282 g/mol. The van der Waals surface area contributed by atoms with Crippen molar-refractivity contribution in [3.8, 4) is 12.8 Å². The van der Waals surface area contributed by atoms with Gasteiger partial charge in [-0.1, -0.05) is 0 Å². The summed E-state index contributed by atoms with van der Waals surface area (Å²) in [4.78, 5) is 0. The normalized spacial score (nSPS) is 1.20. The van der Waals surface area contributed by atoms with Gasteiger partial charge in [-0.25, -0.2) is 0 Å². The van der Waals surface area contributed by atoms with Crippen molar-refractivity contribution >= 4 is 0 Å². The molecule has 0 unspecified atom stereocenters. The Balaban J connectivity index is -0.00000000500. The van der Waals surface area contributed by atoms with E-state index in [4.69, 9.17) is 12.8 Å². The van der Waals surface area contributed by atoms with Crippen LogP contribution < -0.4 is 0 Å². The van der Waals surface area contributed by atoms with Crippen LogP contribution in [0.4, 0.5) is 0 Å². The van der Waals surface area contributed by atoms with Crippen LogP contribution in [0.25, 0.3) is 0 Å². The molecule has 2 radical (unpaired) electrons. The van der Waals surface area contributed by atoms with Crippen LogP contribution in [0.2, 0.25) is 0 Å². The standard InChI is InChI=1S/2C2H3.2C2H.2Y/c4*1-2;;/h2*1H,2H2;2*1H;;/q4*-1;;. The molecule has 0 heterocycles. The molecule has 10 heavy (non-hydrogen) atoms. The van der Waals surface area contributed by atoms with Gasteiger partial charge in [0.15, 0.2) is 0 Å². The van der Waals surface area contributed by atoms with Crippen LogP contribution in [0.1, 0.15) is 0 Å². The average molecular weight is 282 g/mol. The Morgan fingerprint density at radius 3 is 0.700 bits per heavy atom. The van der Waals surface area contributed by atoms with Crippen molar-refractivity contribution in [1.29, 1.82) is 0 Å². The quantitative estimate of drug-likeness (QED) is 0.468. The summed E-state index contributed by atoms with van der Waals surface area (Å²) in [5.41, 5.74) is 0. The fourth-order valence-corrected chi connectivity index (χ4v) is 0. The predicted molar refractivity (Wildman–Crippen MR) is 36.2 cm³/mol. The van der Waals surface area contributed by atoms with Gasteiger partial charge in [-0.2, -0.15) is 0 Å². The summed E-state index contributed by atoms with van der Waals surface area (Å²) >= 11 is 0. The van der Waals surface area contributed by atoms with Gasteiger partial charge in [-0.15, -0.1) is 0 Å². The first-order valence-corrected chi connectivity index (χ1v) is 1.39. The fraction of sp³-hybridized carbons (Fsp3) is 0. The smallest absolute Gasteiger partial charge is 0 e. The molecule has 0 aliphatic carbocycles. The molecule has 0 fully saturated rings. The van der Waals surface area contributed by atoms with Crippen molar-refractivity contribution in [3.63, 3.8) is 0 Å². The SMILES string of the molecule is [C-]#C.[C-]#C.[CH-]=C.[CH-]=C.[Y].[Y]. The van der Waals surface area contributed by atoms with Gasteiger partial charge in [0.1, 0.15) is 0 Å². The minimum atomic E-state index is 0. The molecule has 0 aliphatic heterocycles. The van der Waals surface area contributed by atoms with Crippen molar-refractivity contribution in [2.75, 3.05) is 0 Å². The van der Waals surface area contributed by atoms with E-state index in [1.807, 2.05) is 0 Å². The van der Waals surface area contributed by atoms with E-state index in [-0.39, 0.29) is 65.4 Å². The van der Waals surface area contributed by atoms with E-state index in [9.17, 15) is 0 Å².